The van der Waals surface area contributed by atoms with Gasteiger partial charge >= 0.3 is 0 Å². The third-order valence-electron chi connectivity index (χ3n) is 2.87. The lowest BCUT2D eigenvalue weighted by Crippen LogP contribution is -2.25. The zero-order chi connectivity index (χ0) is 15.1. The van der Waals surface area contributed by atoms with Gasteiger partial charge in [0.15, 0.2) is 6.61 Å². The number of anilines is 2. The number of hydrogen-bond donors (Lipinski definition) is 2. The van der Waals surface area contributed by atoms with Gasteiger partial charge in [0.25, 0.3) is 5.91 Å². The summed E-state index contributed by atoms with van der Waals surface area (Å²) in [6, 6.07) is 3.33. The van der Waals surface area contributed by atoms with E-state index in [9.17, 15) is 4.79 Å². The normalized spacial score (nSPS) is 13.3. The Labute approximate surface area is 123 Å². The van der Waals surface area contributed by atoms with Crippen LogP contribution in [0.2, 0.25) is 0 Å². The van der Waals surface area contributed by atoms with E-state index in [2.05, 4.69) is 5.32 Å². The van der Waals surface area contributed by atoms with Crippen molar-refractivity contribution in [1.29, 1.82) is 0 Å². The Kier molecular flexibility index (Phi) is 5.65. The molecule has 1 aromatic carbocycles. The van der Waals surface area contributed by atoms with Crippen LogP contribution in [-0.4, -0.2) is 46.1 Å². The summed E-state index contributed by atoms with van der Waals surface area (Å²) in [5, 5.41) is 2.71. The molecule has 7 nitrogen and oxygen atoms in total. The molecule has 0 spiro atoms. The summed E-state index contributed by atoms with van der Waals surface area (Å²) in [7, 11) is 1.63. The Morgan fingerprint density at radius 2 is 2.14 bits per heavy atom. The van der Waals surface area contributed by atoms with E-state index in [4.69, 9.17) is 24.7 Å². The highest BCUT2D eigenvalue weighted by molar-refractivity contribution is 5.96. The molecule has 2 rings (SSSR count). The maximum Gasteiger partial charge on any atom is 0.262 e. The van der Waals surface area contributed by atoms with Gasteiger partial charge in [0.05, 0.1) is 31.2 Å². The van der Waals surface area contributed by atoms with Crippen LogP contribution in [-0.2, 0) is 14.3 Å². The number of nitrogens with two attached hydrogens (primary N) is 1. The summed E-state index contributed by atoms with van der Waals surface area (Å²) in [4.78, 5) is 11.3. The average Bonchev–Trinajstić information content (AvgIpc) is 2.47. The van der Waals surface area contributed by atoms with Crippen LogP contribution in [0.25, 0.3) is 0 Å². The van der Waals surface area contributed by atoms with Crippen LogP contribution in [0.15, 0.2) is 12.1 Å². The van der Waals surface area contributed by atoms with Gasteiger partial charge in [0.1, 0.15) is 11.5 Å². The number of rotatable bonds is 8. The molecule has 1 heterocycles. The lowest BCUT2D eigenvalue weighted by molar-refractivity contribution is -0.118. The molecule has 0 atom stereocenters. The number of benzene rings is 1. The van der Waals surface area contributed by atoms with Crippen LogP contribution < -0.4 is 20.5 Å². The fourth-order valence-corrected chi connectivity index (χ4v) is 1.83. The maximum atomic E-state index is 11.3. The van der Waals surface area contributed by atoms with Crippen LogP contribution >= 0.6 is 0 Å². The average molecular weight is 296 g/mol. The molecule has 21 heavy (non-hydrogen) atoms. The van der Waals surface area contributed by atoms with Gasteiger partial charge in [-0.05, 0) is 0 Å². The predicted molar refractivity (Wildman–Crippen MR) is 77.8 cm³/mol. The standard InChI is InChI=1S/C14H20N2O5/c1-18-5-6-19-3-2-4-20-12-8-11-13(7-10(12)15)21-9-14(17)16-11/h7-8H,2-6,9,15H2,1H3,(H,16,17). The second kappa shape index (κ2) is 7.70. The SMILES string of the molecule is COCCOCCCOc1cc2c(cc1N)OCC(=O)N2. The summed E-state index contributed by atoms with van der Waals surface area (Å²) in [5.41, 5.74) is 6.95. The molecule has 116 valence electrons. The highest BCUT2D eigenvalue weighted by atomic mass is 16.5. The van der Waals surface area contributed by atoms with Crippen molar-refractivity contribution in [2.45, 2.75) is 6.42 Å². The quantitative estimate of drug-likeness (QED) is 0.550. The van der Waals surface area contributed by atoms with Crippen LogP contribution in [0.5, 0.6) is 11.5 Å². The summed E-state index contributed by atoms with van der Waals surface area (Å²) in [6.45, 7) is 2.23. The third kappa shape index (κ3) is 4.51. The minimum Gasteiger partial charge on any atom is -0.491 e. The van der Waals surface area contributed by atoms with E-state index in [1.807, 2.05) is 0 Å². The summed E-state index contributed by atoms with van der Waals surface area (Å²) < 4.78 is 21.1. The maximum absolute atomic E-state index is 11.3. The van der Waals surface area contributed by atoms with Gasteiger partial charge in [-0.1, -0.05) is 0 Å². The number of carbonyl (C=O) groups is 1. The van der Waals surface area contributed by atoms with Gasteiger partial charge in [-0.3, -0.25) is 4.79 Å². The molecule has 0 unspecified atom stereocenters. The van der Waals surface area contributed by atoms with Gasteiger partial charge in [-0.15, -0.1) is 0 Å². The van der Waals surface area contributed by atoms with Crippen LogP contribution in [0.1, 0.15) is 6.42 Å². The molecule has 0 saturated heterocycles. The molecular formula is C14H20N2O5. The van der Waals surface area contributed by atoms with Crippen molar-refractivity contribution in [2.24, 2.45) is 0 Å². The van der Waals surface area contributed by atoms with Crippen LogP contribution in [0, 0.1) is 0 Å². The minimum atomic E-state index is -0.190. The van der Waals surface area contributed by atoms with Crippen molar-refractivity contribution in [1.82, 2.24) is 0 Å². The van der Waals surface area contributed by atoms with E-state index < -0.39 is 0 Å². The fourth-order valence-electron chi connectivity index (χ4n) is 1.83. The molecule has 7 heteroatoms. The molecule has 0 bridgehead atoms. The number of fused-ring (bicyclic) bond motifs is 1. The number of methoxy groups -OCH3 is 1. The summed E-state index contributed by atoms with van der Waals surface area (Å²) >= 11 is 0. The second-order valence-corrected chi connectivity index (χ2v) is 4.53. The Balaban J connectivity index is 1.80. The smallest absolute Gasteiger partial charge is 0.262 e. The molecule has 1 aliphatic heterocycles. The Morgan fingerprint density at radius 3 is 2.95 bits per heavy atom. The first kappa shape index (κ1) is 15.4. The number of nitrogen functional groups attached to an aromatic ring is 1. The first-order valence-electron chi connectivity index (χ1n) is 6.76. The number of carbonyl (C=O) groups excluding carboxylic acids is 1. The number of nitrogens with one attached hydrogen (secondary N) is 1. The van der Waals surface area contributed by atoms with E-state index in [1.165, 1.54) is 0 Å². The van der Waals surface area contributed by atoms with Gasteiger partial charge in [-0.2, -0.15) is 0 Å². The van der Waals surface area contributed by atoms with E-state index >= 15 is 0 Å². The van der Waals surface area contributed by atoms with Gasteiger partial charge in [0.2, 0.25) is 0 Å². The van der Waals surface area contributed by atoms with Gasteiger partial charge in [0, 0.05) is 32.3 Å². The minimum absolute atomic E-state index is 0.00541. The monoisotopic (exact) mass is 296 g/mol. The molecule has 3 N–H and O–H groups in total. The summed E-state index contributed by atoms with van der Waals surface area (Å²) in [5.74, 6) is 0.892. The van der Waals surface area contributed by atoms with Gasteiger partial charge in [-0.25, -0.2) is 0 Å². The summed E-state index contributed by atoms with van der Waals surface area (Å²) in [6.07, 6.45) is 0.739. The topological polar surface area (TPSA) is 92.0 Å². The van der Waals surface area contributed by atoms with Crippen molar-refractivity contribution in [3.8, 4) is 11.5 Å². The molecule has 0 aromatic heterocycles. The van der Waals surface area contributed by atoms with Crippen LogP contribution in [0.4, 0.5) is 11.4 Å². The van der Waals surface area contributed by atoms with Crippen molar-refractivity contribution < 1.29 is 23.7 Å². The van der Waals surface area contributed by atoms with Crippen LogP contribution in [0.3, 0.4) is 0 Å². The predicted octanol–water partition coefficient (Wildman–Crippen LogP) is 1.03. The molecule has 0 radical (unpaired) electrons. The van der Waals surface area contributed by atoms with E-state index in [1.54, 1.807) is 19.2 Å². The first-order chi connectivity index (χ1) is 10.2. The van der Waals surface area contributed by atoms with Crippen molar-refractivity contribution in [2.75, 3.05) is 51.2 Å². The molecule has 0 fully saturated rings. The molecule has 1 aromatic rings. The molecular weight excluding hydrogens is 276 g/mol. The van der Waals surface area contributed by atoms with Crippen molar-refractivity contribution >= 4 is 17.3 Å². The third-order valence-corrected chi connectivity index (χ3v) is 2.87. The van der Waals surface area contributed by atoms with Crippen molar-refractivity contribution in [3.05, 3.63) is 12.1 Å². The molecule has 1 aliphatic rings. The highest BCUT2D eigenvalue weighted by Crippen LogP contribution is 2.36. The number of ether oxygens (including phenoxy) is 4. The largest absolute Gasteiger partial charge is 0.491 e. The zero-order valence-electron chi connectivity index (χ0n) is 12.0. The molecule has 0 saturated carbocycles. The zero-order valence-corrected chi connectivity index (χ0v) is 12.0. The lowest BCUT2D eigenvalue weighted by atomic mass is 10.2. The van der Waals surface area contributed by atoms with E-state index in [-0.39, 0.29) is 12.5 Å². The second-order valence-electron chi connectivity index (χ2n) is 4.53. The Bertz CT molecular complexity index is 492. The number of amides is 1. The van der Waals surface area contributed by atoms with E-state index in [0.717, 1.165) is 6.42 Å². The van der Waals surface area contributed by atoms with E-state index in [0.29, 0.717) is 49.3 Å². The van der Waals surface area contributed by atoms with Gasteiger partial charge < -0.3 is 30.0 Å². The molecule has 0 aliphatic carbocycles. The molecule has 1 amide bonds. The fraction of sp³-hybridized carbons (Fsp3) is 0.500. The Hall–Kier alpha value is -1.99. The highest BCUT2D eigenvalue weighted by Gasteiger charge is 2.18. The first-order valence-corrected chi connectivity index (χ1v) is 6.76. The lowest BCUT2D eigenvalue weighted by Gasteiger charge is -2.20. The van der Waals surface area contributed by atoms with Crippen molar-refractivity contribution in [3.63, 3.8) is 0 Å². The Morgan fingerprint density at radius 1 is 1.29 bits per heavy atom. The number of hydrogen-bond acceptors (Lipinski definition) is 6.